The number of hydrogen-bond donors (Lipinski definition) is 2. The molecule has 5 rings (SSSR count). The van der Waals surface area contributed by atoms with Crippen molar-refractivity contribution >= 4 is 23.0 Å². The predicted octanol–water partition coefficient (Wildman–Crippen LogP) is 5.43. The molecule has 3 aromatic carbocycles. The zero-order valence-electron chi connectivity index (χ0n) is 17.5. The van der Waals surface area contributed by atoms with Gasteiger partial charge in [-0.15, -0.1) is 10.2 Å². The van der Waals surface area contributed by atoms with Gasteiger partial charge in [0.15, 0.2) is 5.82 Å². The van der Waals surface area contributed by atoms with Crippen LogP contribution in [0.4, 0.5) is 23.0 Å². The fourth-order valence-corrected chi connectivity index (χ4v) is 3.40. The lowest BCUT2D eigenvalue weighted by Gasteiger charge is -2.10. The summed E-state index contributed by atoms with van der Waals surface area (Å²) in [5.41, 5.74) is 5.78. The van der Waals surface area contributed by atoms with Crippen molar-refractivity contribution in [3.63, 3.8) is 0 Å². The second-order valence-corrected chi connectivity index (χ2v) is 7.31. The highest BCUT2D eigenvalue weighted by molar-refractivity contribution is 5.70. The Hall–Kier alpha value is -4.52. The van der Waals surface area contributed by atoms with Crippen LogP contribution < -0.4 is 10.6 Å². The average Bonchev–Trinajstić information content (AvgIpc) is 3.26. The lowest BCUT2D eigenvalue weighted by molar-refractivity contribution is 0.920. The van der Waals surface area contributed by atoms with Gasteiger partial charge in [-0.1, -0.05) is 30.3 Å². The summed E-state index contributed by atoms with van der Waals surface area (Å²) in [5.74, 6) is 1.36. The smallest absolute Gasteiger partial charge is 0.227 e. The van der Waals surface area contributed by atoms with Crippen molar-refractivity contribution in [2.45, 2.75) is 0 Å². The molecular weight excluding hydrogens is 398 g/mol. The first kappa shape index (κ1) is 19.4. The third-order valence-electron chi connectivity index (χ3n) is 4.99. The Bertz CT molecular complexity index is 1330. The molecule has 0 saturated carbocycles. The molecule has 0 aliphatic rings. The van der Waals surface area contributed by atoms with Crippen LogP contribution in [0.2, 0.25) is 0 Å². The summed E-state index contributed by atoms with van der Waals surface area (Å²) in [6, 6.07) is 28.1. The molecule has 0 bridgehead atoms. The van der Waals surface area contributed by atoms with Crippen LogP contribution in [0.15, 0.2) is 97.5 Å². The summed E-state index contributed by atoms with van der Waals surface area (Å²) >= 11 is 0. The molecular formula is C25H21N7. The molecule has 7 nitrogen and oxygen atoms in total. The molecule has 0 unspecified atom stereocenters. The molecule has 156 valence electrons. The minimum atomic E-state index is 0.537. The molecule has 0 amide bonds. The van der Waals surface area contributed by atoms with Gasteiger partial charge in [-0.3, -0.25) is 0 Å². The van der Waals surface area contributed by atoms with Gasteiger partial charge in [-0.25, -0.2) is 9.97 Å². The van der Waals surface area contributed by atoms with Gasteiger partial charge in [0.05, 0.1) is 5.69 Å². The van der Waals surface area contributed by atoms with Gasteiger partial charge in [0.2, 0.25) is 5.95 Å². The first-order valence-corrected chi connectivity index (χ1v) is 10.2. The number of nitrogens with one attached hydrogen (secondary N) is 2. The molecule has 0 spiro atoms. The Morgan fingerprint density at radius 1 is 0.719 bits per heavy atom. The zero-order valence-corrected chi connectivity index (χ0v) is 17.5. The molecule has 0 fully saturated rings. The SMILES string of the molecule is Cn1cnnc1-c1ccc(Nc2nccc(-c3cccc(Nc4ccccc4)c3)n2)cc1. The second-order valence-electron chi connectivity index (χ2n) is 7.31. The number of anilines is 4. The van der Waals surface area contributed by atoms with Crippen molar-refractivity contribution < 1.29 is 0 Å². The Morgan fingerprint density at radius 3 is 2.28 bits per heavy atom. The maximum atomic E-state index is 4.70. The number of hydrogen-bond acceptors (Lipinski definition) is 6. The van der Waals surface area contributed by atoms with E-state index < -0.39 is 0 Å². The largest absolute Gasteiger partial charge is 0.356 e. The molecule has 2 N–H and O–H groups in total. The van der Waals surface area contributed by atoms with Crippen molar-refractivity contribution in [2.75, 3.05) is 10.6 Å². The maximum absolute atomic E-state index is 4.70. The highest BCUT2D eigenvalue weighted by atomic mass is 15.2. The van der Waals surface area contributed by atoms with Gasteiger partial charge in [0.1, 0.15) is 6.33 Å². The number of nitrogens with zero attached hydrogens (tertiary/aromatic N) is 5. The van der Waals surface area contributed by atoms with Crippen LogP contribution in [-0.4, -0.2) is 24.7 Å². The molecule has 7 heteroatoms. The van der Waals surface area contributed by atoms with Crippen molar-refractivity contribution in [2.24, 2.45) is 7.05 Å². The zero-order chi connectivity index (χ0) is 21.8. The van der Waals surface area contributed by atoms with Crippen molar-refractivity contribution in [3.8, 4) is 22.6 Å². The van der Waals surface area contributed by atoms with E-state index in [2.05, 4.69) is 31.9 Å². The standard InChI is InChI=1S/C25H21N7/c1-32-17-27-31-24(32)18-10-12-21(13-11-18)29-25-26-15-14-23(30-25)19-6-5-9-22(16-19)28-20-7-3-2-4-8-20/h2-17,28H,1H3,(H,26,29,30). The monoisotopic (exact) mass is 419 g/mol. The van der Waals surface area contributed by atoms with Crippen molar-refractivity contribution in [1.82, 2.24) is 24.7 Å². The van der Waals surface area contributed by atoms with Gasteiger partial charge in [0.25, 0.3) is 0 Å². The average molecular weight is 419 g/mol. The van der Waals surface area contributed by atoms with Crippen LogP contribution >= 0.6 is 0 Å². The topological polar surface area (TPSA) is 80.5 Å². The number of rotatable bonds is 6. The molecule has 0 atom stereocenters. The summed E-state index contributed by atoms with van der Waals surface area (Å²) in [5, 5.41) is 14.8. The molecule has 0 saturated heterocycles. The Balaban J connectivity index is 1.34. The minimum absolute atomic E-state index is 0.537. The van der Waals surface area contributed by atoms with Crippen LogP contribution in [0.25, 0.3) is 22.6 Å². The van der Waals surface area contributed by atoms with Crippen LogP contribution in [0.1, 0.15) is 0 Å². The number of benzene rings is 3. The van der Waals surface area contributed by atoms with E-state index in [-0.39, 0.29) is 0 Å². The Morgan fingerprint density at radius 2 is 1.50 bits per heavy atom. The molecule has 0 radical (unpaired) electrons. The summed E-state index contributed by atoms with van der Waals surface area (Å²) in [7, 11) is 1.92. The molecule has 2 heterocycles. The van der Waals surface area contributed by atoms with Gasteiger partial charge in [0, 0.05) is 41.4 Å². The lowest BCUT2D eigenvalue weighted by Crippen LogP contribution is -1.98. The van der Waals surface area contributed by atoms with Crippen LogP contribution in [0.3, 0.4) is 0 Å². The second kappa shape index (κ2) is 8.69. The van der Waals surface area contributed by atoms with Crippen LogP contribution in [0, 0.1) is 0 Å². The summed E-state index contributed by atoms with van der Waals surface area (Å²) in [6.07, 6.45) is 3.45. The first-order valence-electron chi connectivity index (χ1n) is 10.2. The number of aryl methyl sites for hydroxylation is 1. The highest BCUT2D eigenvalue weighted by Crippen LogP contribution is 2.25. The van der Waals surface area contributed by atoms with E-state index in [1.165, 1.54) is 0 Å². The van der Waals surface area contributed by atoms with Gasteiger partial charge < -0.3 is 15.2 Å². The summed E-state index contributed by atoms with van der Waals surface area (Å²) in [4.78, 5) is 9.07. The molecule has 0 aliphatic carbocycles. The van der Waals surface area contributed by atoms with E-state index in [1.807, 2.05) is 90.5 Å². The molecule has 0 aliphatic heterocycles. The highest BCUT2D eigenvalue weighted by Gasteiger charge is 2.07. The molecule has 5 aromatic rings. The van der Waals surface area contributed by atoms with E-state index >= 15 is 0 Å². The van der Waals surface area contributed by atoms with E-state index in [9.17, 15) is 0 Å². The van der Waals surface area contributed by atoms with E-state index in [4.69, 9.17) is 4.98 Å². The van der Waals surface area contributed by atoms with Gasteiger partial charge in [-0.2, -0.15) is 0 Å². The Labute approximate surface area is 185 Å². The maximum Gasteiger partial charge on any atom is 0.227 e. The van der Waals surface area contributed by atoms with Crippen molar-refractivity contribution in [1.29, 1.82) is 0 Å². The number of para-hydroxylation sites is 1. The van der Waals surface area contributed by atoms with Crippen LogP contribution in [-0.2, 0) is 7.05 Å². The summed E-state index contributed by atoms with van der Waals surface area (Å²) < 4.78 is 1.88. The van der Waals surface area contributed by atoms with Crippen molar-refractivity contribution in [3.05, 3.63) is 97.5 Å². The predicted molar refractivity (Wildman–Crippen MR) is 127 cm³/mol. The van der Waals surface area contributed by atoms with Gasteiger partial charge >= 0.3 is 0 Å². The first-order chi connectivity index (χ1) is 15.7. The summed E-state index contributed by atoms with van der Waals surface area (Å²) in [6.45, 7) is 0. The normalized spacial score (nSPS) is 10.7. The third kappa shape index (κ3) is 4.32. The molecule has 2 aromatic heterocycles. The lowest BCUT2D eigenvalue weighted by atomic mass is 10.1. The quantitative estimate of drug-likeness (QED) is 0.382. The molecule has 32 heavy (non-hydrogen) atoms. The Kier molecular flexibility index (Phi) is 5.28. The van der Waals surface area contributed by atoms with Crippen LogP contribution in [0.5, 0.6) is 0 Å². The van der Waals surface area contributed by atoms with E-state index in [1.54, 1.807) is 12.5 Å². The van der Waals surface area contributed by atoms with E-state index in [0.717, 1.165) is 39.7 Å². The number of aromatic nitrogens is 5. The fraction of sp³-hybridized carbons (Fsp3) is 0.0400. The van der Waals surface area contributed by atoms with E-state index in [0.29, 0.717) is 5.95 Å². The fourth-order valence-electron chi connectivity index (χ4n) is 3.40. The minimum Gasteiger partial charge on any atom is -0.356 e. The van der Waals surface area contributed by atoms with Gasteiger partial charge in [-0.05, 0) is 54.6 Å². The third-order valence-corrected chi connectivity index (χ3v) is 4.99.